The lowest BCUT2D eigenvalue weighted by Gasteiger charge is -2.02. The Morgan fingerprint density at radius 3 is 2.41 bits per heavy atom. The first-order valence-corrected chi connectivity index (χ1v) is 6.71. The highest BCUT2D eigenvalue weighted by molar-refractivity contribution is 5.67. The van der Waals surface area contributed by atoms with E-state index in [0.29, 0.717) is 6.42 Å². The smallest absolute Gasteiger partial charge is 0.305 e. The molecule has 3 nitrogen and oxygen atoms in total. The summed E-state index contributed by atoms with van der Waals surface area (Å²) in [6.07, 6.45) is 12.2. The minimum Gasteiger partial charge on any atom is -0.481 e. The standard InChI is InChI=1S/C14H26O3/c1-2-3-4-5-6-7-8-9-10-11-13(15)12-14(16)17/h9-10,13,15H,2-8,11-12H2,1H3,(H,16,17)/b10-9-/t13-/m1/s1. The van der Waals surface area contributed by atoms with Gasteiger partial charge in [-0.25, -0.2) is 0 Å². The van der Waals surface area contributed by atoms with Gasteiger partial charge in [-0.2, -0.15) is 0 Å². The third-order valence-corrected chi connectivity index (χ3v) is 2.71. The Morgan fingerprint density at radius 1 is 1.12 bits per heavy atom. The first-order valence-electron chi connectivity index (χ1n) is 6.71. The van der Waals surface area contributed by atoms with E-state index in [2.05, 4.69) is 6.92 Å². The maximum atomic E-state index is 10.3. The molecule has 0 aliphatic rings. The van der Waals surface area contributed by atoms with E-state index in [1.165, 1.54) is 38.5 Å². The monoisotopic (exact) mass is 242 g/mol. The molecule has 17 heavy (non-hydrogen) atoms. The highest BCUT2D eigenvalue weighted by atomic mass is 16.4. The van der Waals surface area contributed by atoms with E-state index >= 15 is 0 Å². The summed E-state index contributed by atoms with van der Waals surface area (Å²) in [5, 5.41) is 17.7. The number of aliphatic hydroxyl groups is 1. The lowest BCUT2D eigenvalue weighted by Crippen LogP contribution is -2.11. The third-order valence-electron chi connectivity index (χ3n) is 2.71. The number of aliphatic carboxylic acids is 1. The van der Waals surface area contributed by atoms with Gasteiger partial charge in [0.15, 0.2) is 0 Å². The molecular weight excluding hydrogens is 216 g/mol. The zero-order valence-corrected chi connectivity index (χ0v) is 10.9. The molecule has 100 valence electrons. The molecule has 0 bridgehead atoms. The van der Waals surface area contributed by atoms with Gasteiger partial charge in [-0.05, 0) is 19.3 Å². The molecule has 2 N–H and O–H groups in total. The molecule has 0 amide bonds. The zero-order valence-electron chi connectivity index (χ0n) is 10.9. The third kappa shape index (κ3) is 13.1. The fourth-order valence-corrected chi connectivity index (χ4v) is 1.70. The molecule has 0 aromatic rings. The minimum atomic E-state index is -0.943. The summed E-state index contributed by atoms with van der Waals surface area (Å²) in [5.41, 5.74) is 0. The van der Waals surface area contributed by atoms with Crippen LogP contribution in [-0.4, -0.2) is 22.3 Å². The van der Waals surface area contributed by atoms with E-state index < -0.39 is 12.1 Å². The van der Waals surface area contributed by atoms with Crippen LogP contribution in [0.5, 0.6) is 0 Å². The second kappa shape index (κ2) is 11.6. The number of hydrogen-bond acceptors (Lipinski definition) is 2. The van der Waals surface area contributed by atoms with Crippen LogP contribution >= 0.6 is 0 Å². The summed E-state index contributed by atoms with van der Waals surface area (Å²) < 4.78 is 0. The lowest BCUT2D eigenvalue weighted by molar-refractivity contribution is -0.139. The SMILES string of the molecule is CCCCCCCC/C=C\C[C@@H](O)CC(=O)O. The van der Waals surface area contributed by atoms with Gasteiger partial charge in [-0.1, -0.05) is 51.2 Å². The van der Waals surface area contributed by atoms with Crippen molar-refractivity contribution in [1.82, 2.24) is 0 Å². The van der Waals surface area contributed by atoms with Gasteiger partial charge >= 0.3 is 5.97 Å². The van der Waals surface area contributed by atoms with Crippen molar-refractivity contribution in [2.45, 2.75) is 70.8 Å². The van der Waals surface area contributed by atoms with E-state index in [9.17, 15) is 9.90 Å². The normalized spacial score (nSPS) is 13.1. The van der Waals surface area contributed by atoms with Gasteiger partial charge in [-0.3, -0.25) is 4.79 Å². The Kier molecular flexibility index (Phi) is 11.1. The summed E-state index contributed by atoms with van der Waals surface area (Å²) >= 11 is 0. The first-order chi connectivity index (χ1) is 8.16. The predicted octanol–water partition coefficient (Wildman–Crippen LogP) is 3.52. The quantitative estimate of drug-likeness (QED) is 0.430. The van der Waals surface area contributed by atoms with Gasteiger partial charge in [0.2, 0.25) is 0 Å². The van der Waals surface area contributed by atoms with Gasteiger partial charge in [-0.15, -0.1) is 0 Å². The largest absolute Gasteiger partial charge is 0.481 e. The molecule has 0 aromatic carbocycles. The molecule has 0 rings (SSSR count). The first kappa shape index (κ1) is 16.2. The molecule has 0 unspecified atom stereocenters. The summed E-state index contributed by atoms with van der Waals surface area (Å²) in [4.78, 5) is 10.3. The maximum absolute atomic E-state index is 10.3. The minimum absolute atomic E-state index is 0.165. The van der Waals surface area contributed by atoms with Crippen LogP contribution < -0.4 is 0 Å². The van der Waals surface area contributed by atoms with Crippen molar-refractivity contribution in [3.05, 3.63) is 12.2 Å². The van der Waals surface area contributed by atoms with Crippen molar-refractivity contribution >= 4 is 5.97 Å². The molecule has 3 heteroatoms. The Balaban J connectivity index is 3.27. The highest BCUT2D eigenvalue weighted by Gasteiger charge is 2.06. The van der Waals surface area contributed by atoms with Crippen LogP contribution in [-0.2, 0) is 4.79 Å². The number of hydrogen-bond donors (Lipinski definition) is 2. The van der Waals surface area contributed by atoms with Crippen LogP contribution in [0.1, 0.15) is 64.7 Å². The number of unbranched alkanes of at least 4 members (excludes halogenated alkanes) is 6. The molecule has 0 aliphatic carbocycles. The van der Waals surface area contributed by atoms with Crippen LogP contribution in [0.15, 0.2) is 12.2 Å². The van der Waals surface area contributed by atoms with Crippen LogP contribution in [0.3, 0.4) is 0 Å². The topological polar surface area (TPSA) is 57.5 Å². The molecular formula is C14H26O3. The Hall–Kier alpha value is -0.830. The molecule has 0 saturated carbocycles. The van der Waals surface area contributed by atoms with Crippen LogP contribution in [0.4, 0.5) is 0 Å². The van der Waals surface area contributed by atoms with Gasteiger partial charge in [0.05, 0.1) is 12.5 Å². The molecule has 0 radical (unpaired) electrons. The molecule has 0 spiro atoms. The second-order valence-corrected chi connectivity index (χ2v) is 4.52. The second-order valence-electron chi connectivity index (χ2n) is 4.52. The zero-order chi connectivity index (χ0) is 12.9. The maximum Gasteiger partial charge on any atom is 0.305 e. The number of carboxylic acids is 1. The fourth-order valence-electron chi connectivity index (χ4n) is 1.70. The Bertz CT molecular complexity index is 212. The molecule has 0 aromatic heterocycles. The molecule has 0 aliphatic heterocycles. The van der Waals surface area contributed by atoms with Crippen molar-refractivity contribution in [2.75, 3.05) is 0 Å². The number of allylic oxidation sites excluding steroid dienone is 1. The molecule has 0 fully saturated rings. The number of carboxylic acid groups (broad SMARTS) is 1. The Morgan fingerprint density at radius 2 is 1.76 bits per heavy atom. The number of carbonyl (C=O) groups is 1. The average Bonchev–Trinajstić information content (AvgIpc) is 2.26. The van der Waals surface area contributed by atoms with Crippen molar-refractivity contribution in [1.29, 1.82) is 0 Å². The summed E-state index contributed by atoms with van der Waals surface area (Å²) in [6.45, 7) is 2.21. The van der Waals surface area contributed by atoms with E-state index in [-0.39, 0.29) is 6.42 Å². The molecule has 1 atom stereocenters. The van der Waals surface area contributed by atoms with Crippen molar-refractivity contribution in [3.8, 4) is 0 Å². The summed E-state index contributed by atoms with van der Waals surface area (Å²) in [6, 6.07) is 0. The van der Waals surface area contributed by atoms with Gasteiger partial charge in [0.1, 0.15) is 0 Å². The van der Waals surface area contributed by atoms with Crippen molar-refractivity contribution in [3.63, 3.8) is 0 Å². The van der Waals surface area contributed by atoms with Gasteiger partial charge in [0.25, 0.3) is 0 Å². The van der Waals surface area contributed by atoms with E-state index in [1.807, 2.05) is 12.2 Å². The van der Waals surface area contributed by atoms with Crippen molar-refractivity contribution in [2.24, 2.45) is 0 Å². The van der Waals surface area contributed by atoms with Crippen molar-refractivity contribution < 1.29 is 15.0 Å². The number of rotatable bonds is 11. The molecule has 0 heterocycles. The van der Waals surface area contributed by atoms with E-state index in [0.717, 1.165) is 6.42 Å². The average molecular weight is 242 g/mol. The summed E-state index contributed by atoms with van der Waals surface area (Å²) in [5.74, 6) is -0.943. The lowest BCUT2D eigenvalue weighted by atomic mass is 10.1. The van der Waals surface area contributed by atoms with Crippen LogP contribution in [0.25, 0.3) is 0 Å². The summed E-state index contributed by atoms with van der Waals surface area (Å²) in [7, 11) is 0. The van der Waals surface area contributed by atoms with E-state index in [4.69, 9.17) is 5.11 Å². The Labute approximate surface area is 105 Å². The van der Waals surface area contributed by atoms with Gasteiger partial charge < -0.3 is 10.2 Å². The highest BCUT2D eigenvalue weighted by Crippen LogP contribution is 2.07. The van der Waals surface area contributed by atoms with Gasteiger partial charge in [0, 0.05) is 0 Å². The van der Waals surface area contributed by atoms with E-state index in [1.54, 1.807) is 0 Å². The predicted molar refractivity (Wildman–Crippen MR) is 70.0 cm³/mol. The number of aliphatic hydroxyl groups excluding tert-OH is 1. The molecule has 0 saturated heterocycles. The fraction of sp³-hybridized carbons (Fsp3) is 0.786. The van der Waals surface area contributed by atoms with Crippen LogP contribution in [0.2, 0.25) is 0 Å². The van der Waals surface area contributed by atoms with Crippen LogP contribution in [0, 0.1) is 0 Å².